The van der Waals surface area contributed by atoms with E-state index >= 15 is 0 Å². The Morgan fingerprint density at radius 1 is 0.969 bits per heavy atom. The van der Waals surface area contributed by atoms with Crippen LogP contribution in [0.3, 0.4) is 0 Å². The highest BCUT2D eigenvalue weighted by molar-refractivity contribution is 8.16. The zero-order chi connectivity index (χ0) is 20.6. The Hall–Kier alpha value is -1.39. The molecule has 0 bridgehead atoms. The van der Waals surface area contributed by atoms with Crippen molar-refractivity contribution in [3.63, 3.8) is 0 Å². The van der Waals surface area contributed by atoms with E-state index in [0.717, 1.165) is 77.1 Å². The summed E-state index contributed by atoms with van der Waals surface area (Å²) < 4.78 is 5.52. The van der Waals surface area contributed by atoms with Gasteiger partial charge in [0.2, 0.25) is 5.91 Å². The van der Waals surface area contributed by atoms with Crippen LogP contribution in [-0.2, 0) is 4.79 Å². The number of fused-ring (bicyclic) bond motifs is 1. The monoisotopic (exact) mass is 498 g/mol. The highest BCUT2D eigenvalue weighted by Crippen LogP contribution is 2.48. The topological polar surface area (TPSA) is 88.2 Å². The second-order valence-corrected chi connectivity index (χ2v) is 10.7. The van der Waals surface area contributed by atoms with Gasteiger partial charge in [-0.05, 0) is 67.7 Å². The van der Waals surface area contributed by atoms with Gasteiger partial charge in [-0.25, -0.2) is 0 Å². The molecule has 1 saturated carbocycles. The van der Waals surface area contributed by atoms with Crippen LogP contribution >= 0.6 is 35.7 Å². The minimum absolute atomic E-state index is 0. The Labute approximate surface area is 203 Å². The molecule has 0 unspecified atom stereocenters. The van der Waals surface area contributed by atoms with Crippen LogP contribution in [0.4, 0.5) is 10.6 Å². The fourth-order valence-corrected chi connectivity index (χ4v) is 7.04. The van der Waals surface area contributed by atoms with Crippen LogP contribution in [0.2, 0.25) is 0 Å². The molecular weight excluding hydrogens is 468 g/mol. The second kappa shape index (κ2) is 10.7. The molecule has 2 N–H and O–H groups in total. The number of carbonyl (C=O) groups excluding carboxylic acids is 2. The molecule has 3 fully saturated rings. The van der Waals surface area contributed by atoms with E-state index in [1.807, 2.05) is 0 Å². The maximum Gasteiger partial charge on any atom is 0.289 e. The Morgan fingerprint density at radius 2 is 1.66 bits per heavy atom. The van der Waals surface area contributed by atoms with Gasteiger partial charge in [-0.2, -0.15) is 4.37 Å². The zero-order valence-corrected chi connectivity index (χ0v) is 20.6. The predicted molar refractivity (Wildman–Crippen MR) is 134 cm³/mol. The summed E-state index contributed by atoms with van der Waals surface area (Å²) in [5.41, 5.74) is 0. The quantitative estimate of drug-likeness (QED) is 0.563. The highest BCUT2D eigenvalue weighted by atomic mass is 35.5. The van der Waals surface area contributed by atoms with Gasteiger partial charge < -0.3 is 10.4 Å². The smallest absolute Gasteiger partial charge is 0.289 e. The van der Waals surface area contributed by atoms with Crippen molar-refractivity contribution in [2.75, 3.05) is 44.2 Å². The molecule has 176 valence electrons. The van der Waals surface area contributed by atoms with E-state index in [4.69, 9.17) is 0 Å². The molecule has 2 aromatic rings. The van der Waals surface area contributed by atoms with E-state index in [2.05, 4.69) is 38.4 Å². The Morgan fingerprint density at radius 3 is 2.41 bits per heavy atom. The number of carbonyl (C=O) groups is 2. The lowest BCUT2D eigenvalue weighted by Gasteiger charge is -2.35. The van der Waals surface area contributed by atoms with Crippen LogP contribution in [0.25, 0.3) is 10.1 Å². The molecule has 1 aromatic carbocycles. The van der Waals surface area contributed by atoms with Crippen LogP contribution in [0.15, 0.2) is 24.3 Å². The summed E-state index contributed by atoms with van der Waals surface area (Å²) in [6.07, 6.45) is 5.80. The van der Waals surface area contributed by atoms with Gasteiger partial charge in [-0.3, -0.25) is 19.4 Å². The fourth-order valence-electron chi connectivity index (χ4n) is 4.94. The van der Waals surface area contributed by atoms with Crippen molar-refractivity contribution in [3.8, 4) is 0 Å². The zero-order valence-electron chi connectivity index (χ0n) is 18.1. The number of nitrogens with zero attached hydrogens (tertiary/aromatic N) is 4. The number of hydrogen-bond acceptors (Lipinski definition) is 7. The third-order valence-corrected chi connectivity index (χ3v) is 8.87. The van der Waals surface area contributed by atoms with E-state index in [0.29, 0.717) is 6.54 Å². The number of hydrogen-bond donors (Lipinski definition) is 0. The van der Waals surface area contributed by atoms with E-state index in [1.54, 1.807) is 11.5 Å². The molecule has 2 saturated heterocycles. The molecule has 2 amide bonds. The van der Waals surface area contributed by atoms with Crippen molar-refractivity contribution < 1.29 is 15.1 Å². The molecule has 3 heterocycles. The van der Waals surface area contributed by atoms with Crippen molar-refractivity contribution >= 4 is 62.8 Å². The lowest BCUT2D eigenvalue weighted by Crippen LogP contribution is -2.47. The minimum atomic E-state index is -0.409. The summed E-state index contributed by atoms with van der Waals surface area (Å²) in [7, 11) is 0. The normalized spacial score (nSPS) is 20.8. The molecule has 7 nitrogen and oxygen atoms in total. The average molecular weight is 499 g/mol. The van der Waals surface area contributed by atoms with Gasteiger partial charge in [-0.15, -0.1) is 12.4 Å². The number of thioether (sulfide) groups is 1. The van der Waals surface area contributed by atoms with E-state index in [9.17, 15) is 9.59 Å². The van der Waals surface area contributed by atoms with E-state index in [-0.39, 0.29) is 29.0 Å². The maximum absolute atomic E-state index is 12.7. The fraction of sp³-hybridized carbons (Fsp3) is 0.591. The van der Waals surface area contributed by atoms with Gasteiger partial charge in [0.25, 0.3) is 5.24 Å². The maximum atomic E-state index is 12.7. The Kier molecular flexibility index (Phi) is 8.43. The van der Waals surface area contributed by atoms with Crippen molar-refractivity contribution in [2.45, 2.75) is 43.3 Å². The van der Waals surface area contributed by atoms with Crippen molar-refractivity contribution in [2.24, 2.45) is 0 Å². The molecule has 0 atom stereocenters. The van der Waals surface area contributed by atoms with Crippen LogP contribution in [0.1, 0.15) is 38.5 Å². The molecule has 2 aliphatic heterocycles. The third kappa shape index (κ3) is 4.77. The molecule has 1 aliphatic carbocycles. The lowest BCUT2D eigenvalue weighted by molar-refractivity contribution is -0.129. The number of imide groups is 1. The largest absolute Gasteiger partial charge is 0.412 e. The highest BCUT2D eigenvalue weighted by Gasteiger charge is 2.53. The molecule has 5 rings (SSSR count). The predicted octanol–water partition coefficient (Wildman–Crippen LogP) is 3.80. The SMILES string of the molecule is Cl.O.O=C1SC2(CCCC2)C(=O)N1CCCCN1CCN(c2nsc3ccccc23)CC1. The number of amides is 2. The molecule has 10 heteroatoms. The summed E-state index contributed by atoms with van der Waals surface area (Å²) in [6.45, 7) is 5.67. The summed E-state index contributed by atoms with van der Waals surface area (Å²) >= 11 is 2.87. The molecule has 0 radical (unpaired) electrons. The number of benzene rings is 1. The van der Waals surface area contributed by atoms with Gasteiger partial charge in [0.1, 0.15) is 10.6 Å². The first-order valence-electron chi connectivity index (χ1n) is 11.0. The third-order valence-electron chi connectivity index (χ3n) is 6.69. The lowest BCUT2D eigenvalue weighted by atomic mass is 10.1. The molecule has 3 aliphatic rings. The average Bonchev–Trinajstić information content (AvgIpc) is 3.46. The minimum Gasteiger partial charge on any atom is -0.412 e. The molecule has 32 heavy (non-hydrogen) atoms. The van der Waals surface area contributed by atoms with Gasteiger partial charge in [-0.1, -0.05) is 25.0 Å². The van der Waals surface area contributed by atoms with E-state index < -0.39 is 4.75 Å². The first-order chi connectivity index (χ1) is 14.7. The van der Waals surface area contributed by atoms with Gasteiger partial charge >= 0.3 is 0 Å². The summed E-state index contributed by atoms with van der Waals surface area (Å²) in [6, 6.07) is 8.45. The van der Waals surface area contributed by atoms with Crippen molar-refractivity contribution in [1.29, 1.82) is 0 Å². The van der Waals surface area contributed by atoms with Gasteiger partial charge in [0.05, 0.1) is 4.70 Å². The summed E-state index contributed by atoms with van der Waals surface area (Å²) in [4.78, 5) is 31.5. The number of aromatic nitrogens is 1. The van der Waals surface area contributed by atoms with Crippen LogP contribution < -0.4 is 4.90 Å². The van der Waals surface area contributed by atoms with Gasteiger partial charge in [0, 0.05) is 38.1 Å². The molecular formula is C22H31ClN4O3S2. The number of halogens is 1. The first kappa shape index (κ1) is 25.2. The number of unbranched alkanes of at least 4 members (excludes halogenated alkanes) is 1. The standard InChI is InChI=1S/C22H28N4O2S2.ClH.H2O/c27-20-22(9-3-4-10-22)29-21(28)26(20)12-6-5-11-24-13-15-25(16-14-24)19-17-7-1-2-8-18(17)30-23-19;;/h1-2,7-8H,3-6,9-16H2;1H;1H2. The van der Waals surface area contributed by atoms with Gasteiger partial charge in [0.15, 0.2) is 0 Å². The Balaban J connectivity index is 0.00000144. The van der Waals surface area contributed by atoms with Crippen LogP contribution in [-0.4, -0.2) is 74.8 Å². The number of anilines is 1. The number of rotatable bonds is 6. The van der Waals surface area contributed by atoms with Crippen LogP contribution in [0.5, 0.6) is 0 Å². The first-order valence-corrected chi connectivity index (χ1v) is 12.6. The van der Waals surface area contributed by atoms with Crippen molar-refractivity contribution in [3.05, 3.63) is 24.3 Å². The summed E-state index contributed by atoms with van der Waals surface area (Å²) in [5.74, 6) is 1.21. The molecule has 1 aromatic heterocycles. The van der Waals surface area contributed by atoms with E-state index in [1.165, 1.54) is 26.7 Å². The van der Waals surface area contributed by atoms with Crippen molar-refractivity contribution in [1.82, 2.24) is 14.2 Å². The number of piperazine rings is 1. The second-order valence-electron chi connectivity index (χ2n) is 8.56. The Bertz CT molecular complexity index is 942. The molecule has 1 spiro atoms. The van der Waals surface area contributed by atoms with Crippen LogP contribution in [0, 0.1) is 0 Å². The summed E-state index contributed by atoms with van der Waals surface area (Å²) in [5, 5.41) is 1.24.